The standard InChI is InChI=1S/C13H16N2O5S/c1-3-14-13(19)15-11(16)8(2)21(20)10-6-4-5-9(7-10)12(17)18/h4-8H,3H2,1-2H3,(H,17,18)(H2,14,15,16,19). The summed E-state index contributed by atoms with van der Waals surface area (Å²) in [7, 11) is -1.76. The molecular formula is C13H16N2O5S. The van der Waals surface area contributed by atoms with Crippen molar-refractivity contribution in [2.24, 2.45) is 0 Å². The number of amides is 3. The first-order valence-electron chi connectivity index (χ1n) is 6.19. The normalized spacial score (nSPS) is 13.0. The highest BCUT2D eigenvalue weighted by atomic mass is 32.2. The van der Waals surface area contributed by atoms with Gasteiger partial charge in [-0.05, 0) is 32.0 Å². The van der Waals surface area contributed by atoms with Gasteiger partial charge in [0, 0.05) is 11.4 Å². The Kier molecular flexibility index (Phi) is 6.04. The highest BCUT2D eigenvalue weighted by molar-refractivity contribution is 7.86. The van der Waals surface area contributed by atoms with E-state index in [0.29, 0.717) is 6.54 Å². The van der Waals surface area contributed by atoms with E-state index >= 15 is 0 Å². The third kappa shape index (κ3) is 4.67. The van der Waals surface area contributed by atoms with Gasteiger partial charge in [0.15, 0.2) is 0 Å². The molecule has 1 aromatic rings. The molecule has 0 bridgehead atoms. The van der Waals surface area contributed by atoms with Crippen molar-refractivity contribution >= 4 is 28.7 Å². The highest BCUT2D eigenvalue weighted by Crippen LogP contribution is 2.14. The molecule has 3 amide bonds. The van der Waals surface area contributed by atoms with Crippen LogP contribution < -0.4 is 10.6 Å². The molecule has 0 radical (unpaired) electrons. The van der Waals surface area contributed by atoms with Crippen LogP contribution in [-0.2, 0) is 15.6 Å². The number of rotatable bonds is 5. The second-order valence-electron chi connectivity index (χ2n) is 4.12. The van der Waals surface area contributed by atoms with Crippen molar-refractivity contribution in [1.29, 1.82) is 0 Å². The average Bonchev–Trinajstić information content (AvgIpc) is 2.45. The molecule has 0 aromatic heterocycles. The number of imide groups is 1. The number of carboxylic acids is 1. The maximum atomic E-state index is 12.2. The van der Waals surface area contributed by atoms with Gasteiger partial charge in [0.05, 0.1) is 16.4 Å². The number of carbonyl (C=O) groups is 3. The van der Waals surface area contributed by atoms with Gasteiger partial charge in [-0.3, -0.25) is 14.3 Å². The predicted octanol–water partition coefficient (Wildman–Crippen LogP) is 0.727. The first-order valence-corrected chi connectivity index (χ1v) is 7.40. The molecule has 0 aliphatic heterocycles. The summed E-state index contributed by atoms with van der Waals surface area (Å²) in [5.74, 6) is -1.84. The maximum absolute atomic E-state index is 12.2. The lowest BCUT2D eigenvalue weighted by atomic mass is 10.2. The number of carboxylic acid groups (broad SMARTS) is 1. The smallest absolute Gasteiger partial charge is 0.335 e. The lowest BCUT2D eigenvalue weighted by Crippen LogP contribution is -2.44. The van der Waals surface area contributed by atoms with Gasteiger partial charge < -0.3 is 10.4 Å². The topological polar surface area (TPSA) is 113 Å². The largest absolute Gasteiger partial charge is 0.478 e. The van der Waals surface area contributed by atoms with Crippen LogP contribution in [0.5, 0.6) is 0 Å². The van der Waals surface area contributed by atoms with E-state index < -0.39 is 34.0 Å². The minimum Gasteiger partial charge on any atom is -0.478 e. The zero-order valence-corrected chi connectivity index (χ0v) is 12.4. The average molecular weight is 312 g/mol. The Labute approximate surface area is 124 Å². The van der Waals surface area contributed by atoms with Crippen LogP contribution in [0.2, 0.25) is 0 Å². The lowest BCUT2D eigenvalue weighted by Gasteiger charge is -2.12. The summed E-state index contributed by atoms with van der Waals surface area (Å²) < 4.78 is 12.2. The van der Waals surface area contributed by atoms with Crippen molar-refractivity contribution in [3.8, 4) is 0 Å². The second kappa shape index (κ2) is 7.53. The van der Waals surface area contributed by atoms with Gasteiger partial charge >= 0.3 is 12.0 Å². The molecular weight excluding hydrogens is 296 g/mol. The van der Waals surface area contributed by atoms with Gasteiger partial charge in [0.1, 0.15) is 5.25 Å². The number of urea groups is 1. The van der Waals surface area contributed by atoms with E-state index in [9.17, 15) is 18.6 Å². The molecule has 0 saturated carbocycles. The van der Waals surface area contributed by atoms with Crippen molar-refractivity contribution in [1.82, 2.24) is 10.6 Å². The Hall–Kier alpha value is -2.22. The fourth-order valence-electron chi connectivity index (χ4n) is 1.47. The van der Waals surface area contributed by atoms with E-state index in [4.69, 9.17) is 5.11 Å². The summed E-state index contributed by atoms with van der Waals surface area (Å²) in [6.07, 6.45) is 0. The minimum atomic E-state index is -1.76. The molecule has 1 rings (SSSR count). The Morgan fingerprint density at radius 1 is 1.33 bits per heavy atom. The van der Waals surface area contributed by atoms with E-state index in [-0.39, 0.29) is 10.5 Å². The van der Waals surface area contributed by atoms with Crippen LogP contribution in [0, 0.1) is 0 Å². The third-order valence-corrected chi connectivity index (χ3v) is 4.15. The first-order chi connectivity index (χ1) is 9.86. The van der Waals surface area contributed by atoms with Crippen LogP contribution in [0.15, 0.2) is 29.2 Å². The molecule has 7 nitrogen and oxygen atoms in total. The Balaban J connectivity index is 2.82. The Morgan fingerprint density at radius 3 is 2.57 bits per heavy atom. The van der Waals surface area contributed by atoms with Gasteiger partial charge in [-0.2, -0.15) is 0 Å². The van der Waals surface area contributed by atoms with Crippen molar-refractivity contribution in [2.75, 3.05) is 6.54 Å². The molecule has 0 aliphatic carbocycles. The van der Waals surface area contributed by atoms with Crippen LogP contribution in [0.25, 0.3) is 0 Å². The number of hydrogen-bond donors (Lipinski definition) is 3. The second-order valence-corrected chi connectivity index (χ2v) is 5.89. The van der Waals surface area contributed by atoms with E-state index in [2.05, 4.69) is 10.6 Å². The quantitative estimate of drug-likeness (QED) is 0.742. The molecule has 0 aliphatic rings. The van der Waals surface area contributed by atoms with E-state index in [0.717, 1.165) is 0 Å². The predicted molar refractivity (Wildman–Crippen MR) is 76.5 cm³/mol. The van der Waals surface area contributed by atoms with E-state index in [1.807, 2.05) is 0 Å². The molecule has 0 heterocycles. The van der Waals surface area contributed by atoms with Crippen molar-refractivity contribution in [3.63, 3.8) is 0 Å². The van der Waals surface area contributed by atoms with Gasteiger partial charge in [-0.15, -0.1) is 0 Å². The summed E-state index contributed by atoms with van der Waals surface area (Å²) >= 11 is 0. The molecule has 3 N–H and O–H groups in total. The van der Waals surface area contributed by atoms with Crippen molar-refractivity contribution < 1.29 is 23.7 Å². The monoisotopic (exact) mass is 312 g/mol. The van der Waals surface area contributed by atoms with Crippen LogP contribution in [-0.4, -0.2) is 39.0 Å². The molecule has 0 saturated heterocycles. The number of hydrogen-bond acceptors (Lipinski definition) is 4. The molecule has 2 atom stereocenters. The SMILES string of the molecule is CCNC(=O)NC(=O)C(C)S(=O)c1cccc(C(=O)O)c1. The van der Waals surface area contributed by atoms with Crippen LogP contribution in [0.3, 0.4) is 0 Å². The zero-order valence-electron chi connectivity index (χ0n) is 11.6. The zero-order chi connectivity index (χ0) is 16.0. The van der Waals surface area contributed by atoms with Gasteiger partial charge in [0.2, 0.25) is 5.91 Å². The van der Waals surface area contributed by atoms with Crippen LogP contribution in [0.1, 0.15) is 24.2 Å². The minimum absolute atomic E-state index is 0.0165. The third-order valence-electron chi connectivity index (χ3n) is 2.58. The van der Waals surface area contributed by atoms with E-state index in [1.165, 1.54) is 31.2 Å². The Morgan fingerprint density at radius 2 is 2.00 bits per heavy atom. The van der Waals surface area contributed by atoms with Crippen LogP contribution >= 0.6 is 0 Å². The summed E-state index contributed by atoms with van der Waals surface area (Å²) in [5, 5.41) is 12.4. The van der Waals surface area contributed by atoms with E-state index in [1.54, 1.807) is 6.92 Å². The Bertz CT molecular complexity index is 588. The molecule has 21 heavy (non-hydrogen) atoms. The van der Waals surface area contributed by atoms with Gasteiger partial charge in [-0.25, -0.2) is 9.59 Å². The van der Waals surface area contributed by atoms with Crippen molar-refractivity contribution in [3.05, 3.63) is 29.8 Å². The lowest BCUT2D eigenvalue weighted by molar-refractivity contribution is -0.119. The molecule has 0 spiro atoms. The number of nitrogens with one attached hydrogen (secondary N) is 2. The maximum Gasteiger partial charge on any atom is 0.335 e. The van der Waals surface area contributed by atoms with Crippen molar-refractivity contribution in [2.45, 2.75) is 24.0 Å². The number of aromatic carboxylic acids is 1. The number of benzene rings is 1. The van der Waals surface area contributed by atoms with Crippen LogP contribution in [0.4, 0.5) is 4.79 Å². The summed E-state index contributed by atoms with van der Waals surface area (Å²) in [4.78, 5) is 34.1. The summed E-state index contributed by atoms with van der Waals surface area (Å²) in [5.41, 5.74) is -0.0165. The summed E-state index contributed by atoms with van der Waals surface area (Å²) in [6.45, 7) is 3.46. The fourth-order valence-corrected chi connectivity index (χ4v) is 2.59. The molecule has 8 heteroatoms. The first kappa shape index (κ1) is 16.8. The van der Waals surface area contributed by atoms with Gasteiger partial charge in [0.25, 0.3) is 0 Å². The molecule has 114 valence electrons. The molecule has 0 fully saturated rings. The van der Waals surface area contributed by atoms with Gasteiger partial charge in [-0.1, -0.05) is 6.07 Å². The highest BCUT2D eigenvalue weighted by Gasteiger charge is 2.23. The fraction of sp³-hybridized carbons (Fsp3) is 0.308. The molecule has 1 aromatic carbocycles. The summed E-state index contributed by atoms with van der Waals surface area (Å²) in [6, 6.07) is 4.87. The number of carbonyl (C=O) groups excluding carboxylic acids is 2. The molecule has 2 unspecified atom stereocenters.